The second-order valence-corrected chi connectivity index (χ2v) is 5.69. The Balaban J connectivity index is 2.58. The summed E-state index contributed by atoms with van der Waals surface area (Å²) in [6, 6.07) is 4.80. The third kappa shape index (κ3) is 3.59. The van der Waals surface area contributed by atoms with Crippen molar-refractivity contribution in [3.63, 3.8) is 0 Å². The number of hydrogen-bond donors (Lipinski definition) is 2. The van der Waals surface area contributed by atoms with E-state index >= 15 is 0 Å². The van der Waals surface area contributed by atoms with Crippen molar-refractivity contribution >= 4 is 11.3 Å². The van der Waals surface area contributed by atoms with E-state index < -0.39 is 0 Å². The van der Waals surface area contributed by atoms with Crippen molar-refractivity contribution in [2.75, 3.05) is 6.61 Å². The van der Waals surface area contributed by atoms with Gasteiger partial charge in [0.25, 0.3) is 0 Å². The minimum absolute atomic E-state index is 0.183. The molecule has 0 spiro atoms. The normalized spacial score (nSPS) is 15.6. The van der Waals surface area contributed by atoms with Crippen LogP contribution in [0.2, 0.25) is 0 Å². The molecule has 0 aliphatic carbocycles. The van der Waals surface area contributed by atoms with Gasteiger partial charge in [-0.1, -0.05) is 13.8 Å². The first-order valence-electron chi connectivity index (χ1n) is 5.47. The van der Waals surface area contributed by atoms with E-state index in [4.69, 9.17) is 0 Å². The van der Waals surface area contributed by atoms with E-state index in [-0.39, 0.29) is 12.6 Å². The summed E-state index contributed by atoms with van der Waals surface area (Å²) < 4.78 is 0. The molecule has 0 fully saturated rings. The number of aliphatic hydroxyl groups is 1. The van der Waals surface area contributed by atoms with Gasteiger partial charge in [-0.2, -0.15) is 0 Å². The topological polar surface area (TPSA) is 32.3 Å². The first kappa shape index (κ1) is 12.7. The van der Waals surface area contributed by atoms with Crippen LogP contribution in [0, 0.1) is 12.8 Å². The monoisotopic (exact) mass is 227 g/mol. The Morgan fingerprint density at radius 2 is 2.00 bits per heavy atom. The van der Waals surface area contributed by atoms with Gasteiger partial charge in [-0.05, 0) is 31.9 Å². The van der Waals surface area contributed by atoms with Crippen LogP contribution in [-0.2, 0) is 0 Å². The lowest BCUT2D eigenvalue weighted by Gasteiger charge is -2.24. The highest BCUT2D eigenvalue weighted by Gasteiger charge is 2.16. The van der Waals surface area contributed by atoms with Crippen LogP contribution in [0.3, 0.4) is 0 Å². The molecule has 1 aromatic rings. The summed E-state index contributed by atoms with van der Waals surface area (Å²) in [5.74, 6) is 0.457. The molecule has 2 N–H and O–H groups in total. The molecule has 0 bridgehead atoms. The molecular formula is C12H21NOS. The minimum atomic E-state index is 0.183. The van der Waals surface area contributed by atoms with Crippen LogP contribution in [0.1, 0.15) is 36.6 Å². The van der Waals surface area contributed by atoms with Crippen molar-refractivity contribution in [2.45, 2.75) is 39.8 Å². The number of nitrogens with one attached hydrogen (secondary N) is 1. The molecule has 15 heavy (non-hydrogen) atoms. The molecule has 0 aliphatic heterocycles. The summed E-state index contributed by atoms with van der Waals surface area (Å²) in [7, 11) is 0. The maximum absolute atomic E-state index is 9.24. The summed E-state index contributed by atoms with van der Waals surface area (Å²) in [5.41, 5.74) is 0. The molecule has 1 rings (SSSR count). The van der Waals surface area contributed by atoms with E-state index in [0.717, 1.165) is 0 Å². The lowest BCUT2D eigenvalue weighted by atomic mass is 10.0. The molecule has 0 saturated heterocycles. The lowest BCUT2D eigenvalue weighted by Crippen LogP contribution is -2.38. The Kier molecular flexibility index (Phi) is 4.77. The predicted molar refractivity (Wildman–Crippen MR) is 66.3 cm³/mol. The van der Waals surface area contributed by atoms with Crippen molar-refractivity contribution in [3.05, 3.63) is 21.9 Å². The highest BCUT2D eigenvalue weighted by molar-refractivity contribution is 7.12. The predicted octanol–water partition coefficient (Wildman–Crippen LogP) is 2.72. The standard InChI is InChI=1S/C12H21NOS/c1-8(2)11(7-14)13-10(4)12-6-5-9(3)15-12/h5-6,8,10-11,13-14H,7H2,1-4H3. The van der Waals surface area contributed by atoms with Crippen LogP contribution in [0.25, 0.3) is 0 Å². The number of aliphatic hydroxyl groups excluding tert-OH is 1. The molecule has 0 amide bonds. The summed E-state index contributed by atoms with van der Waals surface area (Å²) in [6.45, 7) is 8.72. The van der Waals surface area contributed by atoms with Gasteiger partial charge in [0.15, 0.2) is 0 Å². The zero-order chi connectivity index (χ0) is 11.4. The lowest BCUT2D eigenvalue weighted by molar-refractivity contribution is 0.202. The largest absolute Gasteiger partial charge is 0.395 e. The number of hydrogen-bond acceptors (Lipinski definition) is 3. The molecule has 0 aromatic carbocycles. The van der Waals surface area contributed by atoms with E-state index in [1.165, 1.54) is 9.75 Å². The molecule has 0 radical (unpaired) electrons. The van der Waals surface area contributed by atoms with Crippen LogP contribution < -0.4 is 5.32 Å². The third-order valence-electron chi connectivity index (χ3n) is 2.65. The third-order valence-corrected chi connectivity index (χ3v) is 3.84. The molecule has 0 aliphatic rings. The molecule has 1 aromatic heterocycles. The second kappa shape index (κ2) is 5.64. The van der Waals surface area contributed by atoms with E-state index in [1.54, 1.807) is 0 Å². The zero-order valence-corrected chi connectivity index (χ0v) is 10.8. The van der Waals surface area contributed by atoms with Crippen LogP contribution in [0.15, 0.2) is 12.1 Å². The Labute approximate surface area is 96.3 Å². The van der Waals surface area contributed by atoms with Gasteiger partial charge in [0.2, 0.25) is 0 Å². The highest BCUT2D eigenvalue weighted by Crippen LogP contribution is 2.23. The zero-order valence-electron chi connectivity index (χ0n) is 9.95. The smallest absolute Gasteiger partial charge is 0.0587 e. The summed E-state index contributed by atoms with van der Waals surface area (Å²) >= 11 is 1.82. The summed E-state index contributed by atoms with van der Waals surface area (Å²) in [5, 5.41) is 12.7. The molecule has 3 heteroatoms. The SMILES string of the molecule is Cc1ccc(C(C)NC(CO)C(C)C)s1. The second-order valence-electron chi connectivity index (χ2n) is 4.37. The number of thiophene rings is 1. The highest BCUT2D eigenvalue weighted by atomic mass is 32.1. The van der Waals surface area contributed by atoms with Gasteiger partial charge in [0.05, 0.1) is 6.61 Å². The van der Waals surface area contributed by atoms with E-state index in [2.05, 4.69) is 45.1 Å². The molecule has 2 unspecified atom stereocenters. The van der Waals surface area contributed by atoms with Crippen molar-refractivity contribution in [3.8, 4) is 0 Å². The fourth-order valence-corrected chi connectivity index (χ4v) is 2.43. The number of rotatable bonds is 5. The molecule has 0 saturated carbocycles. The maximum atomic E-state index is 9.24. The van der Waals surface area contributed by atoms with Crippen LogP contribution >= 0.6 is 11.3 Å². The van der Waals surface area contributed by atoms with Crippen LogP contribution in [0.5, 0.6) is 0 Å². The molecular weight excluding hydrogens is 206 g/mol. The van der Waals surface area contributed by atoms with E-state index in [0.29, 0.717) is 12.0 Å². The minimum Gasteiger partial charge on any atom is -0.395 e. The van der Waals surface area contributed by atoms with Gasteiger partial charge in [0, 0.05) is 21.8 Å². The molecule has 2 nitrogen and oxygen atoms in total. The maximum Gasteiger partial charge on any atom is 0.0587 e. The quantitative estimate of drug-likeness (QED) is 0.810. The Morgan fingerprint density at radius 3 is 2.40 bits per heavy atom. The average Bonchev–Trinajstić information content (AvgIpc) is 2.60. The fourth-order valence-electron chi connectivity index (χ4n) is 1.55. The first-order chi connectivity index (χ1) is 7.04. The van der Waals surface area contributed by atoms with E-state index in [1.807, 2.05) is 11.3 Å². The Hall–Kier alpha value is -0.380. The van der Waals surface area contributed by atoms with Gasteiger partial charge in [0.1, 0.15) is 0 Å². The van der Waals surface area contributed by atoms with Gasteiger partial charge in [-0.3, -0.25) is 0 Å². The van der Waals surface area contributed by atoms with Crippen LogP contribution in [0.4, 0.5) is 0 Å². The molecule has 2 atom stereocenters. The molecule has 1 heterocycles. The summed E-state index contributed by atoms with van der Waals surface area (Å²) in [6.07, 6.45) is 0. The van der Waals surface area contributed by atoms with Gasteiger partial charge >= 0.3 is 0 Å². The summed E-state index contributed by atoms with van der Waals surface area (Å²) in [4.78, 5) is 2.68. The Morgan fingerprint density at radius 1 is 1.33 bits per heavy atom. The van der Waals surface area contributed by atoms with Gasteiger partial charge < -0.3 is 10.4 Å². The number of aryl methyl sites for hydroxylation is 1. The fraction of sp³-hybridized carbons (Fsp3) is 0.667. The van der Waals surface area contributed by atoms with Crippen molar-refractivity contribution < 1.29 is 5.11 Å². The van der Waals surface area contributed by atoms with Crippen molar-refractivity contribution in [1.29, 1.82) is 0 Å². The van der Waals surface area contributed by atoms with E-state index in [9.17, 15) is 5.11 Å². The van der Waals surface area contributed by atoms with Crippen molar-refractivity contribution in [1.82, 2.24) is 5.32 Å². The average molecular weight is 227 g/mol. The van der Waals surface area contributed by atoms with Gasteiger partial charge in [-0.15, -0.1) is 11.3 Å². The van der Waals surface area contributed by atoms with Crippen LogP contribution in [-0.4, -0.2) is 17.8 Å². The Bertz CT molecular complexity index is 296. The molecule has 86 valence electrons. The van der Waals surface area contributed by atoms with Gasteiger partial charge in [-0.25, -0.2) is 0 Å². The first-order valence-corrected chi connectivity index (χ1v) is 6.29. The van der Waals surface area contributed by atoms with Crippen molar-refractivity contribution in [2.24, 2.45) is 5.92 Å².